The average Bonchev–Trinajstić information content (AvgIpc) is 2.38. The highest BCUT2D eigenvalue weighted by atomic mass is 16.1. The number of benzene rings is 1. The van der Waals surface area contributed by atoms with Gasteiger partial charge in [-0.05, 0) is 12.5 Å². The Kier molecular flexibility index (Phi) is 3.74. The van der Waals surface area contributed by atoms with E-state index in [0.717, 1.165) is 22.5 Å². The Bertz CT molecular complexity index is 592. The number of nitrogens with two attached hydrogens (primary N) is 1. The van der Waals surface area contributed by atoms with Gasteiger partial charge in [0.25, 0.3) is 0 Å². The molecule has 1 aromatic heterocycles. The van der Waals surface area contributed by atoms with Crippen LogP contribution in [0.15, 0.2) is 35.3 Å². The van der Waals surface area contributed by atoms with Crippen LogP contribution in [0.3, 0.4) is 0 Å². The van der Waals surface area contributed by atoms with Crippen LogP contribution in [0.4, 0.5) is 5.69 Å². The van der Waals surface area contributed by atoms with E-state index in [1.807, 2.05) is 31.2 Å². The number of H-pyrrole nitrogens is 1. The quantitative estimate of drug-likeness (QED) is 0.752. The number of aryl methyl sites for hydroxylation is 1. The minimum Gasteiger partial charge on any atom is -0.381 e. The summed E-state index contributed by atoms with van der Waals surface area (Å²) >= 11 is 0. The molecule has 0 atom stereocenters. The van der Waals surface area contributed by atoms with E-state index in [9.17, 15) is 4.79 Å². The molecule has 5 heteroatoms. The first-order valence-corrected chi connectivity index (χ1v) is 5.81. The Labute approximate surface area is 105 Å². The lowest BCUT2D eigenvalue weighted by molar-refractivity contribution is 1.01. The first kappa shape index (κ1) is 12.3. The molecule has 0 unspecified atom stereocenters. The van der Waals surface area contributed by atoms with Gasteiger partial charge < -0.3 is 16.0 Å². The molecule has 0 amide bonds. The van der Waals surface area contributed by atoms with Crippen LogP contribution in [0, 0.1) is 6.92 Å². The molecule has 0 radical (unpaired) electrons. The van der Waals surface area contributed by atoms with E-state index < -0.39 is 0 Å². The molecule has 0 aliphatic carbocycles. The average molecular weight is 244 g/mol. The molecule has 0 aliphatic rings. The summed E-state index contributed by atoms with van der Waals surface area (Å²) in [6.07, 6.45) is 1.54. The highest BCUT2D eigenvalue weighted by molar-refractivity contribution is 5.75. The highest BCUT2D eigenvalue weighted by Gasteiger charge is 2.08. The number of nitrogens with zero attached hydrogens (tertiary/aromatic N) is 1. The largest absolute Gasteiger partial charge is 0.381 e. The minimum atomic E-state index is -0.355. The molecule has 94 valence electrons. The maximum Gasteiger partial charge on any atom is 0.345 e. The van der Waals surface area contributed by atoms with Gasteiger partial charge in [0.1, 0.15) is 0 Å². The fraction of sp³-hybridized carbons (Fsp3) is 0.231. The second-order valence-electron chi connectivity index (χ2n) is 4.01. The van der Waals surface area contributed by atoms with Crippen molar-refractivity contribution < 1.29 is 0 Å². The van der Waals surface area contributed by atoms with Gasteiger partial charge in [-0.25, -0.2) is 4.79 Å². The molecule has 1 aromatic carbocycles. The van der Waals surface area contributed by atoms with Crippen molar-refractivity contribution in [2.75, 3.05) is 18.4 Å². The lowest BCUT2D eigenvalue weighted by Crippen LogP contribution is -2.17. The Morgan fingerprint density at radius 1 is 1.39 bits per heavy atom. The molecule has 0 fully saturated rings. The van der Waals surface area contributed by atoms with Gasteiger partial charge in [-0.3, -0.25) is 0 Å². The molecule has 0 spiro atoms. The van der Waals surface area contributed by atoms with E-state index in [4.69, 9.17) is 5.73 Å². The Morgan fingerprint density at radius 2 is 2.17 bits per heavy atom. The molecule has 5 nitrogen and oxygen atoms in total. The summed E-state index contributed by atoms with van der Waals surface area (Å²) in [6, 6.07) is 7.87. The van der Waals surface area contributed by atoms with E-state index in [-0.39, 0.29) is 5.69 Å². The third-order valence-electron chi connectivity index (χ3n) is 2.69. The molecule has 2 aromatic rings. The molecular formula is C13H16N4O. The lowest BCUT2D eigenvalue weighted by atomic mass is 10.0. The summed E-state index contributed by atoms with van der Waals surface area (Å²) in [5.74, 6) is 0. The summed E-state index contributed by atoms with van der Waals surface area (Å²) in [5.41, 5.74) is 8.73. The van der Waals surface area contributed by atoms with Gasteiger partial charge in [-0.1, -0.05) is 24.3 Å². The van der Waals surface area contributed by atoms with Gasteiger partial charge in [0, 0.05) is 18.7 Å². The van der Waals surface area contributed by atoms with Crippen molar-refractivity contribution in [3.63, 3.8) is 0 Å². The van der Waals surface area contributed by atoms with Crippen LogP contribution in [0.2, 0.25) is 0 Å². The van der Waals surface area contributed by atoms with Gasteiger partial charge in [-0.15, -0.1) is 0 Å². The van der Waals surface area contributed by atoms with Gasteiger partial charge >= 0.3 is 5.69 Å². The smallest absolute Gasteiger partial charge is 0.345 e. The molecule has 2 rings (SSSR count). The zero-order valence-corrected chi connectivity index (χ0v) is 10.2. The molecule has 0 saturated carbocycles. The van der Waals surface area contributed by atoms with Crippen LogP contribution in [0.1, 0.15) is 5.56 Å². The molecule has 0 bridgehead atoms. The maximum atomic E-state index is 11.4. The monoisotopic (exact) mass is 244 g/mol. The van der Waals surface area contributed by atoms with Crippen molar-refractivity contribution in [3.8, 4) is 11.3 Å². The molecule has 4 N–H and O–H groups in total. The summed E-state index contributed by atoms with van der Waals surface area (Å²) in [6.45, 7) is 3.15. The van der Waals surface area contributed by atoms with Gasteiger partial charge in [-0.2, -0.15) is 4.98 Å². The van der Waals surface area contributed by atoms with Crippen LogP contribution in [-0.4, -0.2) is 23.1 Å². The van der Waals surface area contributed by atoms with Crippen LogP contribution in [0.5, 0.6) is 0 Å². The number of nitrogens with one attached hydrogen (secondary N) is 2. The van der Waals surface area contributed by atoms with Crippen molar-refractivity contribution >= 4 is 5.69 Å². The van der Waals surface area contributed by atoms with Crippen LogP contribution < -0.4 is 16.7 Å². The van der Waals surface area contributed by atoms with Crippen LogP contribution in [-0.2, 0) is 0 Å². The van der Waals surface area contributed by atoms with E-state index in [0.29, 0.717) is 13.1 Å². The first-order valence-electron chi connectivity index (χ1n) is 5.81. The third-order valence-corrected chi connectivity index (χ3v) is 2.69. The van der Waals surface area contributed by atoms with Gasteiger partial charge in [0.15, 0.2) is 0 Å². The van der Waals surface area contributed by atoms with Crippen molar-refractivity contribution in [3.05, 3.63) is 46.5 Å². The van der Waals surface area contributed by atoms with E-state index in [2.05, 4.69) is 15.3 Å². The highest BCUT2D eigenvalue weighted by Crippen LogP contribution is 2.26. The Morgan fingerprint density at radius 3 is 2.89 bits per heavy atom. The fourth-order valence-electron chi connectivity index (χ4n) is 1.80. The molecule has 18 heavy (non-hydrogen) atoms. The Balaban J connectivity index is 2.51. The van der Waals surface area contributed by atoms with Crippen LogP contribution >= 0.6 is 0 Å². The summed E-state index contributed by atoms with van der Waals surface area (Å²) < 4.78 is 0. The van der Waals surface area contributed by atoms with Crippen LogP contribution in [0.25, 0.3) is 11.3 Å². The number of aromatic amines is 1. The normalized spacial score (nSPS) is 10.3. The van der Waals surface area contributed by atoms with Gasteiger partial charge in [0.05, 0.1) is 17.6 Å². The predicted molar refractivity (Wildman–Crippen MR) is 72.6 cm³/mol. The van der Waals surface area contributed by atoms with Crippen molar-refractivity contribution in [1.82, 2.24) is 9.97 Å². The second kappa shape index (κ2) is 5.46. The first-order chi connectivity index (χ1) is 8.72. The standard InChI is InChI=1S/C13H16N4O/c1-9-4-2-3-5-10(9)12-11(15-7-6-14)8-16-13(18)17-12/h2-5,8,15H,6-7,14H2,1H3,(H,16,17,18). The Hall–Kier alpha value is -2.14. The van der Waals surface area contributed by atoms with E-state index in [1.165, 1.54) is 6.20 Å². The summed E-state index contributed by atoms with van der Waals surface area (Å²) in [7, 11) is 0. The number of rotatable bonds is 4. The molecule has 0 saturated heterocycles. The number of anilines is 1. The number of hydrogen-bond acceptors (Lipinski definition) is 4. The molecule has 1 heterocycles. The van der Waals surface area contributed by atoms with E-state index >= 15 is 0 Å². The number of hydrogen-bond donors (Lipinski definition) is 3. The summed E-state index contributed by atoms with van der Waals surface area (Å²) in [5, 5.41) is 3.16. The predicted octanol–water partition coefficient (Wildman–Crippen LogP) is 1.12. The van der Waals surface area contributed by atoms with Crippen molar-refractivity contribution in [2.45, 2.75) is 6.92 Å². The third kappa shape index (κ3) is 2.57. The zero-order valence-electron chi connectivity index (χ0n) is 10.2. The zero-order chi connectivity index (χ0) is 13.0. The van der Waals surface area contributed by atoms with Crippen molar-refractivity contribution in [2.24, 2.45) is 5.73 Å². The van der Waals surface area contributed by atoms with E-state index in [1.54, 1.807) is 0 Å². The second-order valence-corrected chi connectivity index (χ2v) is 4.01. The van der Waals surface area contributed by atoms with Crippen molar-refractivity contribution in [1.29, 1.82) is 0 Å². The fourth-order valence-corrected chi connectivity index (χ4v) is 1.80. The molecule has 0 aliphatic heterocycles. The topological polar surface area (TPSA) is 83.8 Å². The lowest BCUT2D eigenvalue weighted by Gasteiger charge is -2.12. The molecular weight excluding hydrogens is 228 g/mol. The minimum absolute atomic E-state index is 0.355. The summed E-state index contributed by atoms with van der Waals surface area (Å²) in [4.78, 5) is 17.9. The SMILES string of the molecule is Cc1ccccc1-c1[nH]c(=O)ncc1NCCN. The maximum absolute atomic E-state index is 11.4. The number of aromatic nitrogens is 2. The van der Waals surface area contributed by atoms with Gasteiger partial charge in [0.2, 0.25) is 0 Å².